The highest BCUT2D eigenvalue weighted by Gasteiger charge is 2.35. The summed E-state index contributed by atoms with van der Waals surface area (Å²) >= 11 is 3.50. The monoisotopic (exact) mass is 492 g/mol. The topological polar surface area (TPSA) is 68.2 Å². The van der Waals surface area contributed by atoms with E-state index in [0.717, 1.165) is 35.0 Å². The molecule has 2 amide bonds. The Hall–Kier alpha value is -3.19. The van der Waals surface area contributed by atoms with Gasteiger partial charge < -0.3 is 9.47 Å². The van der Waals surface area contributed by atoms with Gasteiger partial charge in [-0.1, -0.05) is 19.1 Å². The van der Waals surface area contributed by atoms with Crippen molar-refractivity contribution in [1.82, 2.24) is 5.01 Å². The fourth-order valence-corrected chi connectivity index (χ4v) is 4.97. The highest BCUT2D eigenvalue weighted by atomic mass is 79.9. The van der Waals surface area contributed by atoms with Crippen LogP contribution < -0.4 is 9.47 Å². The number of carbonyl (C=O) groups is 2. The maximum absolute atomic E-state index is 13.2. The number of nitrogens with zero attached hydrogens (tertiary/aromatic N) is 2. The predicted octanol–water partition coefficient (Wildman–Crippen LogP) is 5.13. The van der Waals surface area contributed by atoms with Crippen molar-refractivity contribution in [3.63, 3.8) is 0 Å². The SMILES string of the molecule is CCCOc1c(Br)cc(C=NN2C(=O)c3ccc4c5c(ccc(c35)C2=O)CC4)cc1OC. The Morgan fingerprint density at radius 2 is 1.69 bits per heavy atom. The molecule has 1 heterocycles. The molecule has 0 aromatic heterocycles. The number of ether oxygens (including phenoxy) is 2. The second-order valence-corrected chi connectivity index (χ2v) is 8.70. The van der Waals surface area contributed by atoms with E-state index in [9.17, 15) is 9.59 Å². The van der Waals surface area contributed by atoms with Gasteiger partial charge >= 0.3 is 0 Å². The molecule has 162 valence electrons. The molecule has 0 atom stereocenters. The smallest absolute Gasteiger partial charge is 0.282 e. The minimum absolute atomic E-state index is 0.414. The van der Waals surface area contributed by atoms with Gasteiger partial charge in [-0.25, -0.2) is 0 Å². The van der Waals surface area contributed by atoms with E-state index in [1.807, 2.05) is 37.3 Å². The summed E-state index contributed by atoms with van der Waals surface area (Å²) in [5.41, 5.74) is 4.08. The first-order chi connectivity index (χ1) is 15.5. The summed E-state index contributed by atoms with van der Waals surface area (Å²) in [4.78, 5) is 26.4. The molecular formula is C25H21BrN2O4. The van der Waals surface area contributed by atoms with Gasteiger partial charge in [0, 0.05) is 5.39 Å². The third-order valence-electron chi connectivity index (χ3n) is 5.87. The Bertz CT molecular complexity index is 1260. The standard InChI is InChI=1S/C25H21BrN2O4/c1-3-10-32-23-19(26)11-14(12-20(23)31-2)13-27-28-24(29)17-8-6-15-4-5-16-7-9-18(25(28)30)22(17)21(15)16/h6-9,11-13H,3-5,10H2,1-2H3. The first-order valence-electron chi connectivity index (χ1n) is 10.5. The van der Waals surface area contributed by atoms with Crippen molar-refractivity contribution in [2.24, 2.45) is 5.10 Å². The molecular weight excluding hydrogens is 472 g/mol. The van der Waals surface area contributed by atoms with Crippen LogP contribution in [0.2, 0.25) is 0 Å². The first kappa shape index (κ1) is 20.7. The summed E-state index contributed by atoms with van der Waals surface area (Å²) in [6, 6.07) is 11.2. The van der Waals surface area contributed by atoms with E-state index in [0.29, 0.717) is 39.3 Å². The van der Waals surface area contributed by atoms with Crippen LogP contribution in [0.15, 0.2) is 46.0 Å². The van der Waals surface area contributed by atoms with Gasteiger partial charge in [0.05, 0.1) is 35.5 Å². The molecule has 0 saturated heterocycles. The molecule has 3 aromatic carbocycles. The maximum atomic E-state index is 13.2. The Balaban J connectivity index is 1.51. The zero-order valence-electron chi connectivity index (χ0n) is 17.8. The highest BCUT2D eigenvalue weighted by molar-refractivity contribution is 9.10. The molecule has 7 heteroatoms. The van der Waals surface area contributed by atoms with Crippen molar-refractivity contribution < 1.29 is 19.1 Å². The summed E-state index contributed by atoms with van der Waals surface area (Å²) in [5.74, 6) is 0.319. The lowest BCUT2D eigenvalue weighted by Gasteiger charge is -2.23. The van der Waals surface area contributed by atoms with Crippen LogP contribution >= 0.6 is 15.9 Å². The average Bonchev–Trinajstić information content (AvgIpc) is 3.22. The maximum Gasteiger partial charge on any atom is 0.282 e. The number of carbonyl (C=O) groups excluding carboxylic acids is 2. The number of halogens is 1. The third-order valence-corrected chi connectivity index (χ3v) is 6.46. The third kappa shape index (κ3) is 3.19. The van der Waals surface area contributed by atoms with Gasteiger partial charge in [-0.2, -0.15) is 10.1 Å². The van der Waals surface area contributed by atoms with Crippen LogP contribution in [0.1, 0.15) is 50.8 Å². The van der Waals surface area contributed by atoms with Crippen LogP contribution in [0, 0.1) is 0 Å². The van der Waals surface area contributed by atoms with Crippen LogP contribution in [-0.2, 0) is 12.8 Å². The number of imide groups is 1. The molecule has 1 aliphatic heterocycles. The number of rotatable bonds is 6. The molecule has 0 unspecified atom stereocenters. The van der Waals surface area contributed by atoms with Crippen LogP contribution in [0.3, 0.4) is 0 Å². The fourth-order valence-electron chi connectivity index (χ4n) is 4.39. The lowest BCUT2D eigenvalue weighted by Crippen LogP contribution is -2.36. The van der Waals surface area contributed by atoms with Crippen LogP contribution in [-0.4, -0.2) is 36.8 Å². The normalized spacial score (nSPS) is 14.7. The molecule has 0 saturated carbocycles. The minimum atomic E-state index is -0.414. The second-order valence-electron chi connectivity index (χ2n) is 7.84. The second kappa shape index (κ2) is 8.06. The molecule has 0 radical (unpaired) electrons. The predicted molar refractivity (Wildman–Crippen MR) is 126 cm³/mol. The van der Waals surface area contributed by atoms with Gasteiger partial charge in [0.15, 0.2) is 11.5 Å². The highest BCUT2D eigenvalue weighted by Crippen LogP contribution is 2.39. The van der Waals surface area contributed by atoms with Gasteiger partial charge in [0.25, 0.3) is 11.8 Å². The van der Waals surface area contributed by atoms with Crippen molar-refractivity contribution in [3.05, 3.63) is 68.7 Å². The molecule has 1 aliphatic carbocycles. The van der Waals surface area contributed by atoms with E-state index in [1.165, 1.54) is 17.3 Å². The summed E-state index contributed by atoms with van der Waals surface area (Å²) < 4.78 is 11.9. The lowest BCUT2D eigenvalue weighted by atomic mass is 9.92. The van der Waals surface area contributed by atoms with Crippen molar-refractivity contribution in [2.75, 3.05) is 13.7 Å². The van der Waals surface area contributed by atoms with Gasteiger partial charge in [0.2, 0.25) is 0 Å². The Morgan fingerprint density at radius 1 is 1.03 bits per heavy atom. The van der Waals surface area contributed by atoms with Crippen LogP contribution in [0.5, 0.6) is 11.5 Å². The Kier molecular flexibility index (Phi) is 5.21. The molecule has 5 rings (SSSR count). The number of amides is 2. The Labute approximate surface area is 193 Å². The molecule has 3 aromatic rings. The Morgan fingerprint density at radius 3 is 2.28 bits per heavy atom. The minimum Gasteiger partial charge on any atom is -0.493 e. The van der Waals surface area contributed by atoms with E-state index in [1.54, 1.807) is 13.2 Å². The molecule has 0 spiro atoms. The largest absolute Gasteiger partial charge is 0.493 e. The number of benzene rings is 3. The van der Waals surface area contributed by atoms with Gasteiger partial charge in [-0.15, -0.1) is 0 Å². The summed E-state index contributed by atoms with van der Waals surface area (Å²) in [6.45, 7) is 2.59. The lowest BCUT2D eigenvalue weighted by molar-refractivity contribution is 0.0616. The molecule has 32 heavy (non-hydrogen) atoms. The van der Waals surface area contributed by atoms with Crippen LogP contribution in [0.4, 0.5) is 0 Å². The van der Waals surface area contributed by atoms with E-state index in [2.05, 4.69) is 21.0 Å². The number of hydrogen-bond donors (Lipinski definition) is 0. The van der Waals surface area contributed by atoms with Gasteiger partial charge in [-0.05, 0) is 81.5 Å². The molecule has 0 fully saturated rings. The van der Waals surface area contributed by atoms with Crippen molar-refractivity contribution in [2.45, 2.75) is 26.2 Å². The van der Waals surface area contributed by atoms with E-state index < -0.39 is 11.8 Å². The van der Waals surface area contributed by atoms with Gasteiger partial charge in [-0.3, -0.25) is 9.59 Å². The van der Waals surface area contributed by atoms with E-state index in [4.69, 9.17) is 9.47 Å². The number of hydrazone groups is 1. The van der Waals surface area contributed by atoms with Crippen molar-refractivity contribution >= 4 is 44.7 Å². The van der Waals surface area contributed by atoms with E-state index in [-0.39, 0.29) is 0 Å². The van der Waals surface area contributed by atoms with Gasteiger partial charge in [0.1, 0.15) is 0 Å². The first-order valence-corrected chi connectivity index (χ1v) is 11.3. The quantitative estimate of drug-likeness (QED) is 0.353. The molecule has 0 N–H and O–H groups in total. The number of methoxy groups -OCH3 is 1. The number of hydrogen-bond acceptors (Lipinski definition) is 5. The zero-order chi connectivity index (χ0) is 22.4. The zero-order valence-corrected chi connectivity index (χ0v) is 19.4. The molecule has 6 nitrogen and oxygen atoms in total. The summed E-state index contributed by atoms with van der Waals surface area (Å²) in [6.07, 6.45) is 4.23. The summed E-state index contributed by atoms with van der Waals surface area (Å²) in [5, 5.41) is 7.02. The fraction of sp³-hybridized carbons (Fsp3) is 0.240. The molecule has 0 bridgehead atoms. The average molecular weight is 493 g/mol. The summed E-state index contributed by atoms with van der Waals surface area (Å²) in [7, 11) is 1.56. The van der Waals surface area contributed by atoms with Crippen LogP contribution in [0.25, 0.3) is 10.8 Å². The number of aryl methyl sites for hydroxylation is 2. The van der Waals surface area contributed by atoms with Crippen molar-refractivity contribution in [3.8, 4) is 11.5 Å². The van der Waals surface area contributed by atoms with Crippen molar-refractivity contribution in [1.29, 1.82) is 0 Å². The molecule has 2 aliphatic rings. The van der Waals surface area contributed by atoms with E-state index >= 15 is 0 Å².